The molecule has 0 N–H and O–H groups in total. The van der Waals surface area contributed by atoms with Crippen molar-refractivity contribution in [2.24, 2.45) is 5.92 Å². The smallest absolute Gasteiger partial charge is 0.187 e. The molecular formula is C88H92F8N12O8S8. The van der Waals surface area contributed by atoms with Gasteiger partial charge in [0.2, 0.25) is 0 Å². The van der Waals surface area contributed by atoms with E-state index in [4.69, 9.17) is 0 Å². The standard InChI is InChI=1S/4C22H23F2N3O2S2/c3*1-15(27-10-6-5-9-20(27)16-7-3-2-4-8-16)17-11-19(24)21(12-18(17)23)31(28,29)13-22-25-14-26-30-22;1-15-7-8-20(16-5-3-2-4-6-16)27(11-15)12-17-9-19(24)21(10-18(17)23)31(28,29)13-22-25-14-26-30-22/h3*2-4,7-8,11-12,14-15,20H,5-6,9-10,13H2,1H3;2-6,9-10,14-15,20H,7-8,11-13H2,1H3/t2*15-,20+;2*15-,20-/m1001/s1. The Morgan fingerprint density at radius 3 is 0.895 bits per heavy atom. The summed E-state index contributed by atoms with van der Waals surface area (Å²) < 4.78 is 236. The highest BCUT2D eigenvalue weighted by Crippen LogP contribution is 2.44. The maximum atomic E-state index is 15.1. The van der Waals surface area contributed by atoms with Gasteiger partial charge in [-0.05, 0) is 215 Å². The van der Waals surface area contributed by atoms with Gasteiger partial charge in [0.1, 0.15) is 134 Å². The number of benzene rings is 8. The number of hydrogen-bond acceptors (Lipinski definition) is 24. The predicted molar refractivity (Wildman–Crippen MR) is 461 cm³/mol. The van der Waals surface area contributed by atoms with E-state index in [1.54, 1.807) is 0 Å². The van der Waals surface area contributed by atoms with Crippen molar-refractivity contribution in [3.63, 3.8) is 0 Å². The van der Waals surface area contributed by atoms with Gasteiger partial charge in [-0.15, -0.1) is 0 Å². The van der Waals surface area contributed by atoms with Crippen molar-refractivity contribution in [2.75, 3.05) is 26.2 Å². The van der Waals surface area contributed by atoms with Crippen molar-refractivity contribution in [1.82, 2.24) is 57.0 Å². The molecule has 8 heterocycles. The molecule has 0 spiro atoms. The minimum absolute atomic E-state index is 0.105. The summed E-state index contributed by atoms with van der Waals surface area (Å²) >= 11 is 3.67. The Hall–Kier alpha value is -8.92. The van der Waals surface area contributed by atoms with Gasteiger partial charge in [-0.25, -0.2) is 88.7 Å². The minimum atomic E-state index is -4.08. The second kappa shape index (κ2) is 41.7. The molecule has 8 atom stereocenters. The molecule has 16 rings (SSSR count). The lowest BCUT2D eigenvalue weighted by atomic mass is 9.89. The summed E-state index contributed by atoms with van der Waals surface area (Å²) in [6.45, 7) is 10.9. The third kappa shape index (κ3) is 22.9. The minimum Gasteiger partial charge on any atom is -0.292 e. The fraction of sp³-hybridized carbons (Fsp3) is 0.364. The average Bonchev–Trinajstić information content (AvgIpc) is 1.79. The number of likely N-dealkylation sites (tertiary alicyclic amines) is 4. The lowest BCUT2D eigenvalue weighted by Gasteiger charge is -2.40. The molecule has 8 aromatic carbocycles. The summed E-state index contributed by atoms with van der Waals surface area (Å²) in [5.41, 5.74) is 5.22. The van der Waals surface area contributed by atoms with Gasteiger partial charge in [-0.2, -0.15) is 17.5 Å². The highest BCUT2D eigenvalue weighted by atomic mass is 32.2. The van der Waals surface area contributed by atoms with Crippen molar-refractivity contribution in [3.8, 4) is 0 Å². The molecule has 656 valence electrons. The van der Waals surface area contributed by atoms with E-state index >= 15 is 13.2 Å². The number of sulfone groups is 4. The van der Waals surface area contributed by atoms with Crippen LogP contribution in [0.15, 0.2) is 215 Å². The van der Waals surface area contributed by atoms with Crippen LogP contribution in [0.25, 0.3) is 0 Å². The van der Waals surface area contributed by atoms with Crippen molar-refractivity contribution < 1.29 is 68.8 Å². The third-order valence-corrected chi connectivity index (χ3v) is 32.9. The number of nitrogens with zero attached hydrogens (tertiary/aromatic N) is 12. The zero-order valence-corrected chi connectivity index (χ0v) is 74.7. The average molecular weight is 1850 g/mol. The zero-order chi connectivity index (χ0) is 88.0. The second-order valence-electron chi connectivity index (χ2n) is 31.2. The molecule has 4 aliphatic heterocycles. The Morgan fingerprint density at radius 1 is 0.339 bits per heavy atom. The maximum absolute atomic E-state index is 15.1. The number of aromatic nitrogens is 8. The quantitative estimate of drug-likeness (QED) is 0.0510. The molecule has 36 heteroatoms. The highest BCUT2D eigenvalue weighted by molar-refractivity contribution is 7.91. The van der Waals surface area contributed by atoms with Crippen LogP contribution in [0.4, 0.5) is 35.1 Å². The maximum Gasteiger partial charge on any atom is 0.187 e. The molecule has 0 aliphatic carbocycles. The summed E-state index contributed by atoms with van der Waals surface area (Å²) in [6.07, 6.45) is 15.9. The molecule has 124 heavy (non-hydrogen) atoms. The molecule has 0 bridgehead atoms. The Bertz CT molecular complexity index is 5590. The first-order valence-corrected chi connectivity index (χ1v) is 50.2. The van der Waals surface area contributed by atoms with E-state index in [0.29, 0.717) is 5.92 Å². The SMILES string of the molecule is C[C@@H](c1cc(F)c(S(=O)(=O)Cc2ncns2)cc1F)N1CCCC[C@@H]1c1ccccc1.C[C@@H](c1cc(F)c(S(=O)(=O)Cc2ncns2)cc1F)N1CCCC[C@H]1c1ccccc1.C[C@@H]1CC[C@H](c2ccccc2)N(Cc2cc(F)c(S(=O)(=O)Cc3ncns3)cc2F)C1.C[C@H](c1cc(F)c(S(=O)(=O)Cc2ncns2)cc1F)N1CCCC[C@H]1c1ccccc1. The van der Waals surface area contributed by atoms with Gasteiger partial charge in [0.25, 0.3) is 0 Å². The van der Waals surface area contributed by atoms with Gasteiger partial charge in [0, 0.05) is 77.6 Å². The molecule has 0 saturated carbocycles. The molecule has 20 nitrogen and oxygen atoms in total. The fourth-order valence-electron chi connectivity index (χ4n) is 16.8. The van der Waals surface area contributed by atoms with Gasteiger partial charge < -0.3 is 0 Å². The Labute approximate surface area is 733 Å². The van der Waals surface area contributed by atoms with Crippen molar-refractivity contribution in [2.45, 2.75) is 190 Å². The lowest BCUT2D eigenvalue weighted by molar-refractivity contribution is 0.101. The molecule has 12 aromatic rings. The summed E-state index contributed by atoms with van der Waals surface area (Å²) in [6, 6.07) is 46.6. The summed E-state index contributed by atoms with van der Waals surface area (Å²) in [7, 11) is -16.3. The third-order valence-electron chi connectivity index (χ3n) is 23.0. The second-order valence-corrected chi connectivity index (χ2v) is 42.5. The van der Waals surface area contributed by atoms with E-state index in [1.165, 1.54) is 25.3 Å². The van der Waals surface area contributed by atoms with Gasteiger partial charge in [-0.1, -0.05) is 148 Å². The summed E-state index contributed by atoms with van der Waals surface area (Å²) in [4.78, 5) is 21.4. The molecule has 4 saturated heterocycles. The molecule has 0 radical (unpaired) electrons. The summed E-state index contributed by atoms with van der Waals surface area (Å²) in [5, 5.41) is 0.931. The fourth-order valence-corrected chi connectivity index (χ4v) is 25.5. The van der Waals surface area contributed by atoms with Crippen molar-refractivity contribution in [3.05, 3.63) is 306 Å². The van der Waals surface area contributed by atoms with Crippen LogP contribution in [0, 0.1) is 52.5 Å². The largest absolute Gasteiger partial charge is 0.292 e. The van der Waals surface area contributed by atoms with Crippen LogP contribution < -0.4 is 0 Å². The van der Waals surface area contributed by atoms with Crippen LogP contribution >= 0.6 is 46.1 Å². The van der Waals surface area contributed by atoms with E-state index < -0.39 is 147 Å². The Morgan fingerprint density at radius 2 is 0.613 bits per heavy atom. The molecule has 4 aromatic heterocycles. The first kappa shape index (κ1) is 92.7. The van der Waals surface area contributed by atoms with Crippen molar-refractivity contribution >= 4 is 85.5 Å². The zero-order valence-electron chi connectivity index (χ0n) is 68.2. The van der Waals surface area contributed by atoms with Crippen LogP contribution in [0.2, 0.25) is 0 Å². The lowest BCUT2D eigenvalue weighted by Crippen LogP contribution is -2.37. The molecule has 0 amide bonds. The van der Waals surface area contributed by atoms with E-state index in [9.17, 15) is 55.6 Å². The Balaban J connectivity index is 0.000000142. The summed E-state index contributed by atoms with van der Waals surface area (Å²) in [5.74, 6) is -8.24. The number of rotatable bonds is 24. The monoisotopic (exact) mass is 1850 g/mol. The van der Waals surface area contributed by atoms with Crippen LogP contribution in [0.1, 0.15) is 205 Å². The van der Waals surface area contributed by atoms with Gasteiger partial charge in [0.05, 0.1) is 0 Å². The molecule has 0 unspecified atom stereocenters. The molecule has 4 aliphatic rings. The normalized spacial score (nSPS) is 19.1. The Kier molecular flexibility index (Phi) is 31.2. The van der Waals surface area contributed by atoms with E-state index in [-0.39, 0.29) is 73.0 Å². The van der Waals surface area contributed by atoms with Gasteiger partial charge >= 0.3 is 0 Å². The van der Waals surface area contributed by atoms with E-state index in [0.717, 1.165) is 214 Å². The number of piperidine rings is 4. The first-order valence-electron chi connectivity index (χ1n) is 40.5. The number of halogens is 8. The van der Waals surface area contributed by atoms with E-state index in [2.05, 4.69) is 100 Å². The van der Waals surface area contributed by atoms with Crippen LogP contribution in [-0.2, 0) is 68.9 Å². The van der Waals surface area contributed by atoms with E-state index in [1.807, 2.05) is 106 Å². The molecule has 4 fully saturated rings. The molecular weight excluding hydrogens is 1760 g/mol. The number of hydrogen-bond donors (Lipinski definition) is 0. The highest BCUT2D eigenvalue weighted by Gasteiger charge is 2.38. The van der Waals surface area contributed by atoms with Gasteiger partial charge in [0.15, 0.2) is 39.3 Å². The van der Waals surface area contributed by atoms with Crippen LogP contribution in [0.3, 0.4) is 0 Å². The van der Waals surface area contributed by atoms with Crippen molar-refractivity contribution in [1.29, 1.82) is 0 Å². The van der Waals surface area contributed by atoms with Crippen LogP contribution in [0.5, 0.6) is 0 Å². The topological polar surface area (TPSA) is 253 Å². The van der Waals surface area contributed by atoms with Crippen LogP contribution in [-0.4, -0.2) is 117 Å². The van der Waals surface area contributed by atoms with Gasteiger partial charge in [-0.3, -0.25) is 19.6 Å². The first-order chi connectivity index (χ1) is 59.4. The predicted octanol–water partition coefficient (Wildman–Crippen LogP) is 20.0.